The molecule has 0 bridgehead atoms. The Bertz CT molecular complexity index is 403. The smallest absolute Gasteiger partial charge is 0.255 e. The molecule has 0 heterocycles. The fourth-order valence-corrected chi connectivity index (χ4v) is 2.49. The molecule has 20 heavy (non-hydrogen) atoms. The Kier molecular flexibility index (Phi) is 8.12. The quantitative estimate of drug-likeness (QED) is 0.703. The molecule has 1 rings (SSSR count). The molecular formula is C16H24ClNO2. The maximum atomic E-state index is 12.2. The summed E-state index contributed by atoms with van der Waals surface area (Å²) in [6, 6.07) is 7.33. The lowest BCUT2D eigenvalue weighted by atomic mass is 10.0. The molecule has 1 aromatic rings. The predicted octanol–water partition coefficient (Wildman–Crippen LogP) is 3.86. The third-order valence-electron chi connectivity index (χ3n) is 3.20. The number of rotatable bonds is 9. The Labute approximate surface area is 126 Å². The van der Waals surface area contributed by atoms with Crippen molar-refractivity contribution in [1.82, 2.24) is 5.32 Å². The largest absolute Gasteiger partial charge is 0.493 e. The fraction of sp³-hybridized carbons (Fsp3) is 0.562. The first kappa shape index (κ1) is 16.8. The van der Waals surface area contributed by atoms with E-state index >= 15 is 0 Å². The highest BCUT2D eigenvalue weighted by Gasteiger charge is 2.14. The van der Waals surface area contributed by atoms with Crippen LogP contribution in [0.1, 0.15) is 43.5 Å². The molecule has 1 atom stereocenters. The number of hydrogen-bond donors (Lipinski definition) is 1. The first-order valence-corrected chi connectivity index (χ1v) is 7.82. The second-order valence-electron chi connectivity index (χ2n) is 4.77. The van der Waals surface area contributed by atoms with Gasteiger partial charge in [0.1, 0.15) is 5.75 Å². The molecule has 0 aromatic heterocycles. The van der Waals surface area contributed by atoms with Crippen molar-refractivity contribution < 1.29 is 9.53 Å². The van der Waals surface area contributed by atoms with Crippen LogP contribution in [0.15, 0.2) is 24.3 Å². The molecule has 1 amide bonds. The van der Waals surface area contributed by atoms with Gasteiger partial charge in [0.2, 0.25) is 0 Å². The van der Waals surface area contributed by atoms with Crippen molar-refractivity contribution >= 4 is 17.5 Å². The number of ether oxygens (including phenoxy) is 1. The number of para-hydroxylation sites is 1. The number of amides is 1. The van der Waals surface area contributed by atoms with Crippen molar-refractivity contribution in [1.29, 1.82) is 0 Å². The highest BCUT2D eigenvalue weighted by molar-refractivity contribution is 6.17. The summed E-state index contributed by atoms with van der Waals surface area (Å²) in [5.74, 6) is 1.64. The van der Waals surface area contributed by atoms with Crippen LogP contribution in [-0.4, -0.2) is 24.9 Å². The molecule has 112 valence electrons. The lowest BCUT2D eigenvalue weighted by molar-refractivity contribution is 0.0942. The highest BCUT2D eigenvalue weighted by atomic mass is 35.5. The van der Waals surface area contributed by atoms with Gasteiger partial charge in [-0.3, -0.25) is 4.79 Å². The fourth-order valence-electron chi connectivity index (χ4n) is 2.18. The maximum absolute atomic E-state index is 12.2. The van der Waals surface area contributed by atoms with Crippen molar-refractivity contribution in [2.75, 3.05) is 19.0 Å². The average Bonchev–Trinajstić information content (AvgIpc) is 2.46. The van der Waals surface area contributed by atoms with Crippen LogP contribution in [0.3, 0.4) is 0 Å². The predicted molar refractivity (Wildman–Crippen MR) is 83.7 cm³/mol. The summed E-state index contributed by atoms with van der Waals surface area (Å²) < 4.78 is 5.48. The summed E-state index contributed by atoms with van der Waals surface area (Å²) in [6.07, 6.45) is 3.12. The van der Waals surface area contributed by atoms with E-state index in [1.807, 2.05) is 25.1 Å². The summed E-state index contributed by atoms with van der Waals surface area (Å²) in [6.45, 7) is 5.27. The summed E-state index contributed by atoms with van der Waals surface area (Å²) >= 11 is 5.80. The number of halogens is 1. The Hall–Kier alpha value is -1.22. The number of nitrogens with one attached hydrogen (secondary N) is 1. The molecule has 3 nitrogen and oxygen atoms in total. The van der Waals surface area contributed by atoms with Crippen LogP contribution >= 0.6 is 11.6 Å². The monoisotopic (exact) mass is 297 g/mol. The van der Waals surface area contributed by atoms with E-state index in [9.17, 15) is 4.79 Å². The molecule has 0 aliphatic carbocycles. The zero-order chi connectivity index (χ0) is 14.8. The first-order chi connectivity index (χ1) is 9.72. The SMILES string of the molecule is CCCC(CCCl)CNC(=O)c1ccccc1OCC. The first-order valence-electron chi connectivity index (χ1n) is 7.28. The van der Waals surface area contributed by atoms with E-state index in [0.717, 1.165) is 19.3 Å². The Balaban J connectivity index is 2.61. The molecule has 0 saturated carbocycles. The average molecular weight is 298 g/mol. The Morgan fingerprint density at radius 1 is 1.30 bits per heavy atom. The van der Waals surface area contributed by atoms with E-state index in [1.54, 1.807) is 6.07 Å². The molecule has 0 spiro atoms. The number of benzene rings is 1. The number of carbonyl (C=O) groups is 1. The third kappa shape index (κ3) is 5.41. The van der Waals surface area contributed by atoms with E-state index in [4.69, 9.17) is 16.3 Å². The topological polar surface area (TPSA) is 38.3 Å². The summed E-state index contributed by atoms with van der Waals surface area (Å²) in [5.41, 5.74) is 0.593. The Morgan fingerprint density at radius 3 is 2.70 bits per heavy atom. The minimum absolute atomic E-state index is 0.0790. The molecule has 1 aromatic carbocycles. The molecule has 1 unspecified atom stereocenters. The maximum Gasteiger partial charge on any atom is 0.255 e. The lowest BCUT2D eigenvalue weighted by Gasteiger charge is -2.16. The van der Waals surface area contributed by atoms with Gasteiger partial charge in [-0.2, -0.15) is 0 Å². The van der Waals surface area contributed by atoms with Gasteiger partial charge < -0.3 is 10.1 Å². The van der Waals surface area contributed by atoms with Crippen molar-refractivity contribution in [3.05, 3.63) is 29.8 Å². The van der Waals surface area contributed by atoms with E-state index in [1.165, 1.54) is 0 Å². The second kappa shape index (κ2) is 9.65. The summed E-state index contributed by atoms with van der Waals surface area (Å²) in [4.78, 5) is 12.2. The molecule has 0 aliphatic rings. The molecule has 0 aliphatic heterocycles. The number of carbonyl (C=O) groups excluding carboxylic acids is 1. The van der Waals surface area contributed by atoms with Gasteiger partial charge in [0.25, 0.3) is 5.91 Å². The lowest BCUT2D eigenvalue weighted by Crippen LogP contribution is -2.30. The molecule has 0 saturated heterocycles. The van der Waals surface area contributed by atoms with Crippen molar-refractivity contribution in [2.45, 2.75) is 33.1 Å². The summed E-state index contributed by atoms with van der Waals surface area (Å²) in [7, 11) is 0. The van der Waals surface area contributed by atoms with Crippen molar-refractivity contribution in [3.8, 4) is 5.75 Å². The standard InChI is InChI=1S/C16H24ClNO2/c1-3-7-13(10-11-17)12-18-16(19)14-8-5-6-9-15(14)20-4-2/h5-6,8-9,13H,3-4,7,10-12H2,1-2H3,(H,18,19). The van der Waals surface area contributed by atoms with Gasteiger partial charge in [0, 0.05) is 12.4 Å². The Morgan fingerprint density at radius 2 is 2.05 bits per heavy atom. The third-order valence-corrected chi connectivity index (χ3v) is 3.42. The van der Waals surface area contributed by atoms with Crippen LogP contribution in [0.25, 0.3) is 0 Å². The highest BCUT2D eigenvalue weighted by Crippen LogP contribution is 2.18. The van der Waals surface area contributed by atoms with Crippen LogP contribution in [0.2, 0.25) is 0 Å². The van der Waals surface area contributed by atoms with Crippen LogP contribution in [-0.2, 0) is 0 Å². The van der Waals surface area contributed by atoms with Gasteiger partial charge in [-0.25, -0.2) is 0 Å². The van der Waals surface area contributed by atoms with Gasteiger partial charge in [0.15, 0.2) is 0 Å². The minimum Gasteiger partial charge on any atom is -0.493 e. The van der Waals surface area contributed by atoms with Crippen LogP contribution < -0.4 is 10.1 Å². The number of hydrogen-bond acceptors (Lipinski definition) is 2. The van der Waals surface area contributed by atoms with Crippen molar-refractivity contribution in [3.63, 3.8) is 0 Å². The zero-order valence-corrected chi connectivity index (χ0v) is 13.1. The minimum atomic E-state index is -0.0790. The van der Waals surface area contributed by atoms with Gasteiger partial charge >= 0.3 is 0 Å². The van der Waals surface area contributed by atoms with E-state index in [2.05, 4.69) is 12.2 Å². The van der Waals surface area contributed by atoms with E-state index in [0.29, 0.717) is 36.3 Å². The zero-order valence-electron chi connectivity index (χ0n) is 12.3. The molecule has 0 radical (unpaired) electrons. The van der Waals surface area contributed by atoms with Crippen LogP contribution in [0, 0.1) is 5.92 Å². The van der Waals surface area contributed by atoms with Crippen molar-refractivity contribution in [2.24, 2.45) is 5.92 Å². The van der Waals surface area contributed by atoms with Gasteiger partial charge in [0.05, 0.1) is 12.2 Å². The van der Waals surface area contributed by atoms with Crippen LogP contribution in [0.5, 0.6) is 5.75 Å². The van der Waals surface area contributed by atoms with E-state index < -0.39 is 0 Å². The normalized spacial score (nSPS) is 11.9. The van der Waals surface area contributed by atoms with E-state index in [-0.39, 0.29) is 5.91 Å². The molecule has 0 fully saturated rings. The second-order valence-corrected chi connectivity index (χ2v) is 5.15. The van der Waals surface area contributed by atoms with Gasteiger partial charge in [-0.1, -0.05) is 25.5 Å². The number of alkyl halides is 1. The van der Waals surface area contributed by atoms with Gasteiger partial charge in [-0.05, 0) is 37.8 Å². The van der Waals surface area contributed by atoms with Gasteiger partial charge in [-0.15, -0.1) is 11.6 Å². The summed E-state index contributed by atoms with van der Waals surface area (Å²) in [5, 5.41) is 2.99. The molecule has 4 heteroatoms. The molecular weight excluding hydrogens is 274 g/mol. The van der Waals surface area contributed by atoms with Crippen LogP contribution in [0.4, 0.5) is 0 Å². The molecule has 1 N–H and O–H groups in total.